The molecule has 0 spiro atoms. The van der Waals surface area contributed by atoms with Crippen molar-refractivity contribution in [1.82, 2.24) is 15.1 Å². The van der Waals surface area contributed by atoms with Crippen LogP contribution in [0.3, 0.4) is 0 Å². The van der Waals surface area contributed by atoms with Crippen LogP contribution in [0, 0.1) is 0 Å². The number of methoxy groups -OCH3 is 1. The van der Waals surface area contributed by atoms with E-state index in [0.717, 1.165) is 12.0 Å². The predicted molar refractivity (Wildman–Crippen MR) is 127 cm³/mol. The molecule has 1 heterocycles. The maximum absolute atomic E-state index is 13.2. The Morgan fingerprint density at radius 3 is 2.69 bits per heavy atom. The van der Waals surface area contributed by atoms with E-state index < -0.39 is 0 Å². The molecule has 0 radical (unpaired) electrons. The Morgan fingerprint density at radius 1 is 1.19 bits per heavy atom. The topological polar surface area (TPSA) is 84.4 Å². The molecule has 1 unspecified atom stereocenters. The average molecular weight is 473 g/mol. The van der Waals surface area contributed by atoms with Crippen LogP contribution in [0.4, 0.5) is 5.13 Å². The Morgan fingerprint density at radius 2 is 1.97 bits per heavy atom. The van der Waals surface area contributed by atoms with E-state index in [1.54, 1.807) is 35.2 Å². The summed E-state index contributed by atoms with van der Waals surface area (Å²) in [5.74, 6) is 0.112. The zero-order chi connectivity index (χ0) is 23.1. The van der Waals surface area contributed by atoms with Gasteiger partial charge in [0.05, 0.1) is 12.7 Å². The third-order valence-electron chi connectivity index (χ3n) is 5.04. The van der Waals surface area contributed by atoms with E-state index in [-0.39, 0.29) is 30.8 Å². The van der Waals surface area contributed by atoms with Gasteiger partial charge in [-0.3, -0.25) is 9.59 Å². The summed E-state index contributed by atoms with van der Waals surface area (Å²) in [6.45, 7) is 4.25. The smallest absolute Gasteiger partial charge is 0.257 e. The Labute approximate surface area is 196 Å². The summed E-state index contributed by atoms with van der Waals surface area (Å²) in [6, 6.07) is 14.4. The number of para-hydroxylation sites is 1. The molecule has 9 heteroatoms. The van der Waals surface area contributed by atoms with Gasteiger partial charge in [0.2, 0.25) is 11.0 Å². The molecule has 168 valence electrons. The van der Waals surface area contributed by atoms with Gasteiger partial charge in [-0.1, -0.05) is 54.1 Å². The van der Waals surface area contributed by atoms with Crippen LogP contribution in [0.15, 0.2) is 48.5 Å². The minimum absolute atomic E-state index is 0.0313. The van der Waals surface area contributed by atoms with Crippen molar-refractivity contribution < 1.29 is 14.3 Å². The van der Waals surface area contributed by atoms with Gasteiger partial charge in [-0.2, -0.15) is 0 Å². The van der Waals surface area contributed by atoms with Crippen molar-refractivity contribution in [3.63, 3.8) is 0 Å². The van der Waals surface area contributed by atoms with Crippen LogP contribution >= 0.6 is 22.9 Å². The van der Waals surface area contributed by atoms with Crippen molar-refractivity contribution in [3.8, 4) is 16.3 Å². The van der Waals surface area contributed by atoms with Crippen molar-refractivity contribution in [3.05, 3.63) is 59.1 Å². The van der Waals surface area contributed by atoms with Gasteiger partial charge in [-0.15, -0.1) is 10.2 Å². The quantitative estimate of drug-likeness (QED) is 0.466. The Bertz CT molecular complexity index is 1090. The minimum atomic E-state index is -0.236. The van der Waals surface area contributed by atoms with Gasteiger partial charge in [0.15, 0.2) is 0 Å². The van der Waals surface area contributed by atoms with E-state index >= 15 is 0 Å². The van der Waals surface area contributed by atoms with Crippen molar-refractivity contribution in [1.29, 1.82) is 0 Å². The molecule has 7 nitrogen and oxygen atoms in total. The van der Waals surface area contributed by atoms with Gasteiger partial charge >= 0.3 is 0 Å². The first-order valence-corrected chi connectivity index (χ1v) is 11.5. The van der Waals surface area contributed by atoms with E-state index in [1.165, 1.54) is 18.4 Å². The highest BCUT2D eigenvalue weighted by Crippen LogP contribution is 2.28. The fourth-order valence-electron chi connectivity index (χ4n) is 3.13. The Balaban J connectivity index is 1.65. The number of rotatable bonds is 9. The van der Waals surface area contributed by atoms with E-state index in [9.17, 15) is 9.59 Å². The van der Waals surface area contributed by atoms with E-state index in [1.807, 2.05) is 32.0 Å². The fraction of sp³-hybridized carbons (Fsp3) is 0.304. The summed E-state index contributed by atoms with van der Waals surface area (Å²) >= 11 is 7.30. The predicted octanol–water partition coefficient (Wildman–Crippen LogP) is 5.14. The maximum atomic E-state index is 13.2. The monoisotopic (exact) mass is 472 g/mol. The maximum Gasteiger partial charge on any atom is 0.257 e. The zero-order valence-corrected chi connectivity index (χ0v) is 19.7. The van der Waals surface area contributed by atoms with Gasteiger partial charge in [-0.05, 0) is 37.6 Å². The standard InChI is InChI=1S/C23H25ClN4O3S/c1-4-15(2)28(22(30)18-10-5-6-11-19(18)31-3)13-12-20(29)25-23-27-26-21(32-23)16-8-7-9-17(24)14-16/h5-11,14-15H,4,12-13H2,1-3H3,(H,25,27,29). The van der Waals surface area contributed by atoms with Crippen molar-refractivity contribution in [2.24, 2.45) is 0 Å². The highest BCUT2D eigenvalue weighted by atomic mass is 35.5. The number of ether oxygens (including phenoxy) is 1. The lowest BCUT2D eigenvalue weighted by Gasteiger charge is -2.29. The summed E-state index contributed by atoms with van der Waals surface area (Å²) in [7, 11) is 1.53. The SMILES string of the molecule is CCC(C)N(CCC(=O)Nc1nnc(-c2cccc(Cl)c2)s1)C(=O)c1ccccc1OC. The number of nitrogens with zero attached hydrogens (tertiary/aromatic N) is 3. The summed E-state index contributed by atoms with van der Waals surface area (Å²) < 4.78 is 5.33. The number of hydrogen-bond acceptors (Lipinski definition) is 6. The number of benzene rings is 2. The Hall–Kier alpha value is -2.97. The zero-order valence-electron chi connectivity index (χ0n) is 18.2. The lowest BCUT2D eigenvalue weighted by atomic mass is 10.1. The third kappa shape index (κ3) is 5.83. The van der Waals surface area contributed by atoms with Gasteiger partial charge in [-0.25, -0.2) is 0 Å². The van der Waals surface area contributed by atoms with Gasteiger partial charge < -0.3 is 15.0 Å². The number of hydrogen-bond donors (Lipinski definition) is 1. The first kappa shape index (κ1) is 23.7. The van der Waals surface area contributed by atoms with Crippen LogP contribution < -0.4 is 10.1 Å². The number of aromatic nitrogens is 2. The molecule has 2 amide bonds. The van der Waals surface area contributed by atoms with Crippen LogP contribution in [0.2, 0.25) is 5.02 Å². The summed E-state index contributed by atoms with van der Waals surface area (Å²) in [4.78, 5) is 27.4. The van der Waals surface area contributed by atoms with Crippen LogP contribution in [-0.2, 0) is 4.79 Å². The second-order valence-electron chi connectivity index (χ2n) is 7.18. The molecule has 0 saturated heterocycles. The molecule has 32 heavy (non-hydrogen) atoms. The molecule has 0 aliphatic heterocycles. The molecule has 0 aliphatic carbocycles. The van der Waals surface area contributed by atoms with E-state index in [4.69, 9.17) is 16.3 Å². The molecular formula is C23H25ClN4O3S. The lowest BCUT2D eigenvalue weighted by molar-refractivity contribution is -0.116. The normalized spacial score (nSPS) is 11.6. The van der Waals surface area contributed by atoms with Crippen molar-refractivity contribution in [2.75, 3.05) is 19.0 Å². The first-order valence-electron chi connectivity index (χ1n) is 10.3. The summed E-state index contributed by atoms with van der Waals surface area (Å²) in [5, 5.41) is 12.6. The molecule has 1 aromatic heterocycles. The average Bonchev–Trinajstić information content (AvgIpc) is 3.27. The molecular weight excluding hydrogens is 448 g/mol. The molecule has 3 aromatic rings. The largest absolute Gasteiger partial charge is 0.496 e. The molecule has 1 N–H and O–H groups in total. The molecule has 0 saturated carbocycles. The molecule has 0 fully saturated rings. The van der Waals surface area contributed by atoms with E-state index in [0.29, 0.717) is 26.5 Å². The number of amides is 2. The number of carbonyl (C=O) groups excluding carboxylic acids is 2. The number of carbonyl (C=O) groups is 2. The first-order chi connectivity index (χ1) is 15.4. The van der Waals surface area contributed by atoms with Crippen LogP contribution in [-0.4, -0.2) is 46.6 Å². The second kappa shape index (κ2) is 11.1. The van der Waals surface area contributed by atoms with Gasteiger partial charge in [0, 0.05) is 29.6 Å². The van der Waals surface area contributed by atoms with Crippen LogP contribution in [0.1, 0.15) is 37.0 Å². The molecule has 0 aliphatic rings. The minimum Gasteiger partial charge on any atom is -0.496 e. The van der Waals surface area contributed by atoms with Crippen LogP contribution in [0.25, 0.3) is 10.6 Å². The van der Waals surface area contributed by atoms with Gasteiger partial charge in [0.25, 0.3) is 5.91 Å². The van der Waals surface area contributed by atoms with E-state index in [2.05, 4.69) is 15.5 Å². The molecule has 3 rings (SSSR count). The number of nitrogens with one attached hydrogen (secondary N) is 1. The van der Waals surface area contributed by atoms with Gasteiger partial charge in [0.1, 0.15) is 10.8 Å². The highest BCUT2D eigenvalue weighted by molar-refractivity contribution is 7.18. The highest BCUT2D eigenvalue weighted by Gasteiger charge is 2.24. The molecule has 0 bridgehead atoms. The third-order valence-corrected chi connectivity index (χ3v) is 6.17. The Kier molecular flexibility index (Phi) is 8.19. The molecule has 2 aromatic carbocycles. The molecule has 1 atom stereocenters. The van der Waals surface area contributed by atoms with Crippen LogP contribution in [0.5, 0.6) is 5.75 Å². The lowest BCUT2D eigenvalue weighted by Crippen LogP contribution is -2.40. The number of anilines is 1. The fourth-order valence-corrected chi connectivity index (χ4v) is 4.08. The van der Waals surface area contributed by atoms with Crippen molar-refractivity contribution >= 4 is 39.9 Å². The van der Waals surface area contributed by atoms with Crippen molar-refractivity contribution in [2.45, 2.75) is 32.7 Å². The second-order valence-corrected chi connectivity index (χ2v) is 8.59. The summed E-state index contributed by atoms with van der Waals surface area (Å²) in [5.41, 5.74) is 1.31. The summed E-state index contributed by atoms with van der Waals surface area (Å²) in [6.07, 6.45) is 0.902. The number of halogens is 1.